The number of ether oxygens (including phenoxy) is 1. The van der Waals surface area contributed by atoms with Crippen LogP contribution in [-0.4, -0.2) is 36.8 Å². The topological polar surface area (TPSA) is 154 Å². The summed E-state index contributed by atoms with van der Waals surface area (Å²) in [7, 11) is 1.52. The number of hydrogen-bond donors (Lipinski definition) is 4. The average molecular weight is 336 g/mol. The molecule has 6 N–H and O–H groups in total. The maximum absolute atomic E-state index is 12.0. The Kier molecular flexibility index (Phi) is 6.72. The lowest BCUT2D eigenvalue weighted by atomic mass is 10.0. The smallest absolute Gasteiger partial charge is 0.249 e. The Hall–Kier alpha value is -3.10. The molecule has 0 unspecified atom stereocenters. The first kappa shape index (κ1) is 18.9. The third-order valence-corrected chi connectivity index (χ3v) is 3.16. The lowest BCUT2D eigenvalue weighted by molar-refractivity contribution is -0.134. The molecule has 0 aliphatic rings. The van der Waals surface area contributed by atoms with Gasteiger partial charge in [-0.1, -0.05) is 12.1 Å². The van der Waals surface area contributed by atoms with E-state index in [1.54, 1.807) is 24.3 Å². The van der Waals surface area contributed by atoms with E-state index in [9.17, 15) is 19.2 Å². The van der Waals surface area contributed by atoms with Crippen LogP contribution in [-0.2, 0) is 19.2 Å². The molecule has 0 spiro atoms. The summed E-state index contributed by atoms with van der Waals surface area (Å²) >= 11 is 0. The lowest BCUT2D eigenvalue weighted by Crippen LogP contribution is -2.52. The van der Waals surface area contributed by atoms with Crippen molar-refractivity contribution in [2.24, 2.45) is 11.5 Å². The predicted molar refractivity (Wildman–Crippen MR) is 84.5 cm³/mol. The molecule has 24 heavy (non-hydrogen) atoms. The van der Waals surface area contributed by atoms with Crippen LogP contribution >= 0.6 is 0 Å². The molecule has 9 heteroatoms. The molecule has 0 fully saturated rings. The van der Waals surface area contributed by atoms with E-state index in [1.807, 2.05) is 0 Å². The Bertz CT molecular complexity index is 615. The van der Waals surface area contributed by atoms with Crippen molar-refractivity contribution in [1.82, 2.24) is 10.6 Å². The Morgan fingerprint density at radius 1 is 1.04 bits per heavy atom. The van der Waals surface area contributed by atoms with Gasteiger partial charge in [0.05, 0.1) is 19.6 Å². The molecular weight excluding hydrogens is 316 g/mol. The highest BCUT2D eigenvalue weighted by atomic mass is 16.5. The van der Waals surface area contributed by atoms with Crippen LogP contribution in [0.5, 0.6) is 5.75 Å². The van der Waals surface area contributed by atoms with E-state index in [2.05, 4.69) is 10.6 Å². The molecule has 1 aromatic rings. The number of nitrogens with one attached hydrogen (secondary N) is 2. The standard InChI is InChI=1S/C15H20N4O5/c1-8(20)18-11(9-3-5-10(24-2)6-4-9)7-12(21)19-13(14(16)22)15(17)23/h3-6,11,13H,7H2,1-2H3,(H2,16,22)(H2,17,23)(H,18,20)(H,19,21)/t11-/m0/s1. The average Bonchev–Trinajstić information content (AvgIpc) is 2.51. The largest absolute Gasteiger partial charge is 0.497 e. The third kappa shape index (κ3) is 5.59. The molecule has 1 rings (SSSR count). The molecule has 9 nitrogen and oxygen atoms in total. The van der Waals surface area contributed by atoms with E-state index in [0.29, 0.717) is 11.3 Å². The fourth-order valence-electron chi connectivity index (χ4n) is 2.02. The number of amides is 4. The van der Waals surface area contributed by atoms with E-state index >= 15 is 0 Å². The molecular formula is C15H20N4O5. The van der Waals surface area contributed by atoms with Crippen molar-refractivity contribution in [3.05, 3.63) is 29.8 Å². The summed E-state index contributed by atoms with van der Waals surface area (Å²) in [6.45, 7) is 1.31. The summed E-state index contributed by atoms with van der Waals surface area (Å²) in [5, 5.41) is 4.77. The van der Waals surface area contributed by atoms with Crippen molar-refractivity contribution in [3.8, 4) is 5.75 Å². The van der Waals surface area contributed by atoms with Gasteiger partial charge in [-0.2, -0.15) is 0 Å². The van der Waals surface area contributed by atoms with Gasteiger partial charge < -0.3 is 26.8 Å². The first-order chi connectivity index (χ1) is 11.2. The van der Waals surface area contributed by atoms with Gasteiger partial charge >= 0.3 is 0 Å². The SMILES string of the molecule is COc1ccc([C@H](CC(=O)NC(C(N)=O)C(N)=O)NC(C)=O)cc1. The van der Waals surface area contributed by atoms with Crippen molar-refractivity contribution >= 4 is 23.6 Å². The predicted octanol–water partition coefficient (Wildman–Crippen LogP) is -1.28. The zero-order valence-electron chi connectivity index (χ0n) is 13.4. The van der Waals surface area contributed by atoms with Crippen LogP contribution in [0.3, 0.4) is 0 Å². The Balaban J connectivity index is 2.88. The number of carbonyl (C=O) groups excluding carboxylic acids is 4. The Labute approximate surface area is 138 Å². The van der Waals surface area contributed by atoms with Crippen molar-refractivity contribution in [1.29, 1.82) is 0 Å². The first-order valence-electron chi connectivity index (χ1n) is 7.03. The fraction of sp³-hybridized carbons (Fsp3) is 0.333. The second kappa shape index (κ2) is 8.51. The van der Waals surface area contributed by atoms with Crippen LogP contribution in [0.4, 0.5) is 0 Å². The van der Waals surface area contributed by atoms with Gasteiger partial charge in [-0.15, -0.1) is 0 Å². The summed E-state index contributed by atoms with van der Waals surface area (Å²) in [6.07, 6.45) is -0.205. The van der Waals surface area contributed by atoms with Gasteiger partial charge in [-0.3, -0.25) is 19.2 Å². The minimum Gasteiger partial charge on any atom is -0.497 e. The molecule has 0 saturated carbocycles. The molecule has 1 atom stereocenters. The normalized spacial score (nSPS) is 11.5. The van der Waals surface area contributed by atoms with Crippen LogP contribution in [0.2, 0.25) is 0 Å². The molecule has 130 valence electrons. The number of nitrogens with two attached hydrogens (primary N) is 2. The number of hydrogen-bond acceptors (Lipinski definition) is 5. The van der Waals surface area contributed by atoms with Crippen molar-refractivity contribution in [3.63, 3.8) is 0 Å². The molecule has 4 amide bonds. The highest BCUT2D eigenvalue weighted by molar-refractivity contribution is 6.05. The number of methoxy groups -OCH3 is 1. The van der Waals surface area contributed by atoms with Crippen LogP contribution < -0.4 is 26.8 Å². The lowest BCUT2D eigenvalue weighted by Gasteiger charge is -2.19. The van der Waals surface area contributed by atoms with Gasteiger partial charge in [-0.25, -0.2) is 0 Å². The molecule has 1 aromatic carbocycles. The van der Waals surface area contributed by atoms with Gasteiger partial charge in [0.15, 0.2) is 6.04 Å². The summed E-state index contributed by atoms with van der Waals surface area (Å²) < 4.78 is 5.05. The number of primary amides is 2. The van der Waals surface area contributed by atoms with E-state index in [-0.39, 0.29) is 12.3 Å². The fourth-order valence-corrected chi connectivity index (χ4v) is 2.02. The monoisotopic (exact) mass is 336 g/mol. The highest BCUT2D eigenvalue weighted by Crippen LogP contribution is 2.20. The zero-order chi connectivity index (χ0) is 18.3. The zero-order valence-corrected chi connectivity index (χ0v) is 13.4. The second-order valence-corrected chi connectivity index (χ2v) is 5.04. The van der Waals surface area contributed by atoms with Gasteiger partial charge in [-0.05, 0) is 17.7 Å². The Morgan fingerprint density at radius 2 is 1.58 bits per heavy atom. The molecule has 0 saturated heterocycles. The molecule has 0 bridgehead atoms. The summed E-state index contributed by atoms with van der Waals surface area (Å²) in [5.41, 5.74) is 10.7. The van der Waals surface area contributed by atoms with E-state index < -0.39 is 29.8 Å². The first-order valence-corrected chi connectivity index (χ1v) is 7.03. The van der Waals surface area contributed by atoms with Crippen LogP contribution in [0.1, 0.15) is 24.9 Å². The van der Waals surface area contributed by atoms with Gasteiger partial charge in [0, 0.05) is 6.92 Å². The highest BCUT2D eigenvalue weighted by Gasteiger charge is 2.25. The second-order valence-electron chi connectivity index (χ2n) is 5.04. The van der Waals surface area contributed by atoms with Crippen LogP contribution in [0.15, 0.2) is 24.3 Å². The molecule has 0 aliphatic heterocycles. The minimum atomic E-state index is -1.61. The molecule has 0 heterocycles. The third-order valence-electron chi connectivity index (χ3n) is 3.16. The molecule has 0 radical (unpaired) electrons. The molecule has 0 aliphatic carbocycles. The van der Waals surface area contributed by atoms with Crippen LogP contribution in [0, 0.1) is 0 Å². The van der Waals surface area contributed by atoms with Crippen molar-refractivity contribution < 1.29 is 23.9 Å². The molecule has 0 aromatic heterocycles. The van der Waals surface area contributed by atoms with Gasteiger partial charge in [0.2, 0.25) is 23.6 Å². The number of benzene rings is 1. The Morgan fingerprint density at radius 3 is 2.00 bits per heavy atom. The maximum atomic E-state index is 12.0. The van der Waals surface area contributed by atoms with Crippen molar-refractivity contribution in [2.75, 3.05) is 7.11 Å². The summed E-state index contributed by atoms with van der Waals surface area (Å²) in [4.78, 5) is 45.6. The van der Waals surface area contributed by atoms with Gasteiger partial charge in [0.1, 0.15) is 5.75 Å². The maximum Gasteiger partial charge on any atom is 0.249 e. The van der Waals surface area contributed by atoms with E-state index in [1.165, 1.54) is 14.0 Å². The quantitative estimate of drug-likeness (QED) is 0.435. The van der Waals surface area contributed by atoms with E-state index in [4.69, 9.17) is 16.2 Å². The number of rotatable bonds is 8. The van der Waals surface area contributed by atoms with Gasteiger partial charge in [0.25, 0.3) is 0 Å². The minimum absolute atomic E-state index is 0.205. The van der Waals surface area contributed by atoms with Crippen molar-refractivity contribution in [2.45, 2.75) is 25.4 Å². The van der Waals surface area contributed by atoms with E-state index in [0.717, 1.165) is 0 Å². The van der Waals surface area contributed by atoms with Crippen LogP contribution in [0.25, 0.3) is 0 Å². The number of carbonyl (C=O) groups is 4. The summed E-state index contributed by atoms with van der Waals surface area (Å²) in [5.74, 6) is -2.50. The summed E-state index contributed by atoms with van der Waals surface area (Å²) in [6, 6.07) is 4.47.